The Kier molecular flexibility index (Phi) is 2.70. The number of hydrogen-bond acceptors (Lipinski definition) is 3. The van der Waals surface area contributed by atoms with Gasteiger partial charge in [0.15, 0.2) is 0 Å². The van der Waals surface area contributed by atoms with Gasteiger partial charge in [-0.2, -0.15) is 0 Å². The fraction of sp³-hybridized carbons (Fsp3) is 0.857. The van der Waals surface area contributed by atoms with E-state index in [0.29, 0.717) is 5.92 Å². The summed E-state index contributed by atoms with van der Waals surface area (Å²) >= 11 is 0. The predicted octanol–water partition coefficient (Wildman–Crippen LogP) is 0.507. The fourth-order valence-corrected chi connectivity index (χ4v) is 1.31. The van der Waals surface area contributed by atoms with Gasteiger partial charge in [-0.1, -0.05) is 0 Å². The maximum Gasteiger partial charge on any atom is 0.404 e. The molecule has 0 atom stereocenters. The average Bonchev–Trinajstić information content (AvgIpc) is 1.82. The summed E-state index contributed by atoms with van der Waals surface area (Å²) < 4.78 is 9.67. The Balaban J connectivity index is 2.04. The third kappa shape index (κ3) is 2.38. The van der Waals surface area contributed by atoms with Gasteiger partial charge in [-0.3, -0.25) is 0 Å². The maximum absolute atomic E-state index is 10.2. The molecule has 2 N–H and O–H groups in total. The molecule has 1 aliphatic rings. The summed E-state index contributed by atoms with van der Waals surface area (Å²) in [5.74, 6) is 0.546. The van der Waals surface area contributed by atoms with Crippen LogP contribution < -0.4 is 5.73 Å². The van der Waals surface area contributed by atoms with Gasteiger partial charge < -0.3 is 15.2 Å². The van der Waals surface area contributed by atoms with E-state index in [9.17, 15) is 4.79 Å². The maximum atomic E-state index is 10.2. The lowest BCUT2D eigenvalue weighted by Crippen LogP contribution is -2.36. The second-order valence-electron chi connectivity index (χ2n) is 2.85. The number of ether oxygens (including phenoxy) is 2. The number of carbonyl (C=O) groups is 1. The van der Waals surface area contributed by atoms with Crippen molar-refractivity contribution < 1.29 is 14.3 Å². The highest BCUT2D eigenvalue weighted by molar-refractivity contribution is 5.64. The number of amides is 1. The highest BCUT2D eigenvalue weighted by Gasteiger charge is 2.31. The number of methoxy groups -OCH3 is 1. The van der Waals surface area contributed by atoms with Crippen LogP contribution in [0.25, 0.3) is 0 Å². The summed E-state index contributed by atoms with van der Waals surface area (Å²) in [5.41, 5.74) is 4.83. The third-order valence-corrected chi connectivity index (χ3v) is 1.88. The molecule has 0 radical (unpaired) electrons. The van der Waals surface area contributed by atoms with Gasteiger partial charge in [-0.15, -0.1) is 0 Å². The van der Waals surface area contributed by atoms with Crippen LogP contribution in [0.15, 0.2) is 0 Å². The first-order valence-corrected chi connectivity index (χ1v) is 3.67. The van der Waals surface area contributed by atoms with Crippen LogP contribution in [-0.2, 0) is 9.47 Å². The Morgan fingerprint density at radius 3 is 2.73 bits per heavy atom. The molecule has 1 rings (SSSR count). The van der Waals surface area contributed by atoms with E-state index in [0.717, 1.165) is 19.4 Å². The van der Waals surface area contributed by atoms with Crippen molar-refractivity contribution in [3.05, 3.63) is 0 Å². The van der Waals surface area contributed by atoms with Gasteiger partial charge >= 0.3 is 6.09 Å². The summed E-state index contributed by atoms with van der Waals surface area (Å²) in [6, 6.07) is 0. The van der Waals surface area contributed by atoms with Crippen LogP contribution in [0.4, 0.5) is 4.79 Å². The van der Waals surface area contributed by atoms with E-state index in [-0.39, 0.29) is 6.10 Å². The molecule has 0 bridgehead atoms. The first-order valence-electron chi connectivity index (χ1n) is 3.67. The molecule has 1 amide bonds. The molecule has 4 heteroatoms. The van der Waals surface area contributed by atoms with Crippen LogP contribution >= 0.6 is 0 Å². The molecule has 0 aromatic rings. The largest absolute Gasteiger partial charge is 0.446 e. The molecule has 64 valence electrons. The molecule has 1 aliphatic carbocycles. The topological polar surface area (TPSA) is 61.6 Å². The second-order valence-corrected chi connectivity index (χ2v) is 2.85. The van der Waals surface area contributed by atoms with Crippen molar-refractivity contribution in [3.63, 3.8) is 0 Å². The van der Waals surface area contributed by atoms with Gasteiger partial charge in [0.1, 0.15) is 6.10 Å². The number of primary amides is 1. The number of rotatable bonds is 3. The Morgan fingerprint density at radius 1 is 1.64 bits per heavy atom. The molecule has 0 unspecified atom stereocenters. The highest BCUT2D eigenvalue weighted by Crippen LogP contribution is 2.29. The van der Waals surface area contributed by atoms with Crippen LogP contribution in [-0.4, -0.2) is 25.9 Å². The molecule has 11 heavy (non-hydrogen) atoms. The van der Waals surface area contributed by atoms with E-state index in [1.165, 1.54) is 0 Å². The Labute approximate surface area is 65.7 Å². The van der Waals surface area contributed by atoms with Crippen molar-refractivity contribution >= 4 is 6.09 Å². The minimum Gasteiger partial charge on any atom is -0.446 e. The average molecular weight is 159 g/mol. The molecule has 0 aromatic heterocycles. The monoisotopic (exact) mass is 159 g/mol. The van der Waals surface area contributed by atoms with Gasteiger partial charge in [0.2, 0.25) is 0 Å². The Hall–Kier alpha value is -0.770. The van der Waals surface area contributed by atoms with Crippen molar-refractivity contribution in [2.45, 2.75) is 18.9 Å². The van der Waals surface area contributed by atoms with Crippen molar-refractivity contribution in [2.75, 3.05) is 13.7 Å². The number of nitrogens with two attached hydrogens (primary N) is 1. The minimum atomic E-state index is -0.675. The van der Waals surface area contributed by atoms with Crippen LogP contribution in [0, 0.1) is 5.92 Å². The van der Waals surface area contributed by atoms with Gasteiger partial charge in [-0.25, -0.2) is 4.79 Å². The Bertz CT molecular complexity index is 143. The van der Waals surface area contributed by atoms with Crippen molar-refractivity contribution in [1.82, 2.24) is 0 Å². The first-order chi connectivity index (χ1) is 5.22. The smallest absolute Gasteiger partial charge is 0.404 e. The van der Waals surface area contributed by atoms with Gasteiger partial charge in [0.25, 0.3) is 0 Å². The van der Waals surface area contributed by atoms with Gasteiger partial charge in [0, 0.05) is 13.7 Å². The van der Waals surface area contributed by atoms with Crippen LogP contribution in [0.5, 0.6) is 0 Å². The lowest BCUT2D eigenvalue weighted by Gasteiger charge is -2.33. The Morgan fingerprint density at radius 2 is 2.27 bits per heavy atom. The lowest BCUT2D eigenvalue weighted by molar-refractivity contribution is -0.00766. The minimum absolute atomic E-state index is 0.0349. The second kappa shape index (κ2) is 3.57. The van der Waals surface area contributed by atoms with E-state index in [1.54, 1.807) is 7.11 Å². The van der Waals surface area contributed by atoms with E-state index >= 15 is 0 Å². The summed E-state index contributed by atoms with van der Waals surface area (Å²) in [6.07, 6.45) is 1.13. The SMILES string of the molecule is COCC1CC(OC(N)=O)C1. The first kappa shape index (κ1) is 8.33. The van der Waals surface area contributed by atoms with Crippen LogP contribution in [0.3, 0.4) is 0 Å². The molecule has 1 fully saturated rings. The van der Waals surface area contributed by atoms with Crippen LogP contribution in [0.1, 0.15) is 12.8 Å². The van der Waals surface area contributed by atoms with E-state index in [1.807, 2.05) is 0 Å². The normalized spacial score (nSPS) is 29.2. The number of hydrogen-bond donors (Lipinski definition) is 1. The van der Waals surface area contributed by atoms with E-state index < -0.39 is 6.09 Å². The lowest BCUT2D eigenvalue weighted by atomic mass is 9.83. The molecular formula is C7H13NO3. The van der Waals surface area contributed by atoms with Crippen molar-refractivity contribution in [2.24, 2.45) is 11.7 Å². The third-order valence-electron chi connectivity index (χ3n) is 1.88. The summed E-state index contributed by atoms with van der Waals surface area (Å²) in [5, 5.41) is 0. The summed E-state index contributed by atoms with van der Waals surface area (Å²) in [6.45, 7) is 0.749. The number of carbonyl (C=O) groups excluding carboxylic acids is 1. The quantitative estimate of drug-likeness (QED) is 0.652. The summed E-state index contributed by atoms with van der Waals surface area (Å²) in [7, 11) is 1.67. The van der Waals surface area contributed by atoms with Gasteiger partial charge in [0.05, 0.1) is 0 Å². The van der Waals surface area contributed by atoms with Crippen molar-refractivity contribution in [1.29, 1.82) is 0 Å². The highest BCUT2D eigenvalue weighted by atomic mass is 16.6. The molecular weight excluding hydrogens is 146 g/mol. The molecule has 4 nitrogen and oxygen atoms in total. The molecule has 0 spiro atoms. The van der Waals surface area contributed by atoms with E-state index in [4.69, 9.17) is 15.2 Å². The zero-order valence-electron chi connectivity index (χ0n) is 6.58. The molecule has 0 heterocycles. The standard InChI is InChI=1S/C7H13NO3/c1-10-4-5-2-6(3-5)11-7(8)9/h5-6H,2-4H2,1H3,(H2,8,9). The fourth-order valence-electron chi connectivity index (χ4n) is 1.31. The summed E-state index contributed by atoms with van der Waals surface area (Å²) in [4.78, 5) is 10.2. The van der Waals surface area contributed by atoms with Gasteiger partial charge in [-0.05, 0) is 18.8 Å². The van der Waals surface area contributed by atoms with Crippen molar-refractivity contribution in [3.8, 4) is 0 Å². The van der Waals surface area contributed by atoms with Crippen LogP contribution in [0.2, 0.25) is 0 Å². The molecule has 0 saturated heterocycles. The molecule has 1 saturated carbocycles. The zero-order chi connectivity index (χ0) is 8.27. The predicted molar refractivity (Wildman–Crippen MR) is 39.1 cm³/mol. The van der Waals surface area contributed by atoms with E-state index in [2.05, 4.69) is 0 Å². The molecule has 0 aromatic carbocycles. The molecule has 0 aliphatic heterocycles. The zero-order valence-corrected chi connectivity index (χ0v) is 6.58.